The third-order valence-electron chi connectivity index (χ3n) is 6.52. The average Bonchev–Trinajstić information content (AvgIpc) is 2.47. The van der Waals surface area contributed by atoms with Crippen molar-refractivity contribution in [3.63, 3.8) is 0 Å². The zero-order chi connectivity index (χ0) is 16.4. The van der Waals surface area contributed by atoms with Crippen molar-refractivity contribution in [3.8, 4) is 0 Å². The molecule has 0 aliphatic heterocycles. The summed E-state index contributed by atoms with van der Waals surface area (Å²) in [7, 11) is 0. The molecule has 0 heterocycles. The van der Waals surface area contributed by atoms with Crippen molar-refractivity contribution in [1.82, 2.24) is 0 Å². The predicted octanol–water partition coefficient (Wildman–Crippen LogP) is 5.81. The quantitative estimate of drug-likeness (QED) is 0.599. The second-order valence-corrected chi connectivity index (χ2v) is 8.28. The van der Waals surface area contributed by atoms with Crippen LogP contribution in [-0.2, 0) is 4.79 Å². The van der Waals surface area contributed by atoms with E-state index < -0.39 is 0 Å². The molecule has 2 saturated carbocycles. The molecule has 0 amide bonds. The first-order valence-corrected chi connectivity index (χ1v) is 9.15. The van der Waals surface area contributed by atoms with Gasteiger partial charge in [0.05, 0.1) is 0 Å². The Morgan fingerprint density at radius 3 is 1.45 bits per heavy atom. The normalized spacial score (nSPS) is 39.3. The summed E-state index contributed by atoms with van der Waals surface area (Å²) in [5, 5.41) is 0. The number of allylic oxidation sites excluding steroid dienone is 2. The molecule has 22 heavy (non-hydrogen) atoms. The summed E-state index contributed by atoms with van der Waals surface area (Å²) in [4.78, 5) is 13.3. The molecule has 2 rings (SSSR count). The molecule has 0 saturated heterocycles. The molecule has 6 unspecified atom stereocenters. The van der Waals surface area contributed by atoms with Crippen molar-refractivity contribution in [1.29, 1.82) is 0 Å². The second-order valence-electron chi connectivity index (χ2n) is 8.28. The van der Waals surface area contributed by atoms with Crippen LogP contribution in [-0.4, -0.2) is 5.78 Å². The third-order valence-corrected chi connectivity index (χ3v) is 6.52. The molecule has 0 bridgehead atoms. The Hall–Kier alpha value is -0.850. The van der Waals surface area contributed by atoms with E-state index >= 15 is 0 Å². The lowest BCUT2D eigenvalue weighted by molar-refractivity contribution is -0.133. The van der Waals surface area contributed by atoms with Crippen molar-refractivity contribution in [3.05, 3.63) is 24.3 Å². The lowest BCUT2D eigenvalue weighted by Gasteiger charge is -2.40. The third kappa shape index (κ3) is 3.73. The summed E-state index contributed by atoms with van der Waals surface area (Å²) < 4.78 is 0. The fourth-order valence-electron chi connectivity index (χ4n) is 4.61. The van der Waals surface area contributed by atoms with Gasteiger partial charge in [-0.1, -0.05) is 38.2 Å². The minimum Gasteiger partial charge on any atom is -0.299 e. The number of Topliss-reactive ketones (excluding diaryl/α,β-unsaturated/α-hetero) is 1. The first kappa shape index (κ1) is 17.5. The average molecular weight is 303 g/mol. The fourth-order valence-corrected chi connectivity index (χ4v) is 4.61. The Labute approximate surface area is 137 Å². The van der Waals surface area contributed by atoms with Crippen molar-refractivity contribution in [2.45, 2.75) is 66.2 Å². The van der Waals surface area contributed by atoms with Gasteiger partial charge in [0.25, 0.3) is 0 Å². The highest BCUT2D eigenvalue weighted by Gasteiger charge is 2.40. The molecule has 2 fully saturated rings. The molecule has 0 radical (unpaired) electrons. The highest BCUT2D eigenvalue weighted by Crippen LogP contribution is 2.43. The molecule has 0 aromatic rings. The van der Waals surface area contributed by atoms with E-state index in [0.29, 0.717) is 29.5 Å². The molecule has 0 aromatic carbocycles. The van der Waals surface area contributed by atoms with Crippen LogP contribution in [0.25, 0.3) is 0 Å². The molecule has 6 atom stereocenters. The molecule has 0 spiro atoms. The van der Waals surface area contributed by atoms with Gasteiger partial charge in [0.2, 0.25) is 0 Å². The SMILES string of the molecule is C=C(C)C1CCC(C)C(C(=O)C2CC(C(=C)C)CCC2C)C1. The molecule has 0 aromatic heterocycles. The summed E-state index contributed by atoms with van der Waals surface area (Å²) in [5.74, 6) is 3.26. The van der Waals surface area contributed by atoms with Gasteiger partial charge in [-0.25, -0.2) is 0 Å². The maximum Gasteiger partial charge on any atom is 0.139 e. The Kier molecular flexibility index (Phi) is 5.69. The van der Waals surface area contributed by atoms with Crippen LogP contribution in [0, 0.1) is 35.5 Å². The summed E-state index contributed by atoms with van der Waals surface area (Å²) in [5.41, 5.74) is 2.53. The Morgan fingerprint density at radius 2 is 1.14 bits per heavy atom. The molecule has 1 nitrogen and oxygen atoms in total. The first-order chi connectivity index (χ1) is 10.3. The number of carbonyl (C=O) groups is 1. The largest absolute Gasteiger partial charge is 0.299 e. The highest BCUT2D eigenvalue weighted by molar-refractivity contribution is 5.84. The van der Waals surface area contributed by atoms with Crippen LogP contribution in [0.3, 0.4) is 0 Å². The van der Waals surface area contributed by atoms with Crippen LogP contribution < -0.4 is 0 Å². The number of rotatable bonds is 4. The van der Waals surface area contributed by atoms with Crippen molar-refractivity contribution < 1.29 is 4.79 Å². The lowest BCUT2D eigenvalue weighted by atomic mass is 9.64. The van der Waals surface area contributed by atoms with Gasteiger partial charge >= 0.3 is 0 Å². The Balaban J connectivity index is 2.10. The Bertz CT molecular complexity index is 407. The number of hydrogen-bond acceptors (Lipinski definition) is 1. The maximum absolute atomic E-state index is 13.3. The van der Waals surface area contributed by atoms with Crippen LogP contribution in [0.2, 0.25) is 0 Å². The topological polar surface area (TPSA) is 17.1 Å². The van der Waals surface area contributed by atoms with Gasteiger partial charge in [0.1, 0.15) is 5.78 Å². The summed E-state index contributed by atoms with van der Waals surface area (Å²) in [6.45, 7) is 17.1. The van der Waals surface area contributed by atoms with E-state index in [2.05, 4.69) is 40.9 Å². The second kappa shape index (κ2) is 7.15. The highest BCUT2D eigenvalue weighted by atomic mass is 16.1. The van der Waals surface area contributed by atoms with Gasteiger partial charge in [-0.2, -0.15) is 0 Å². The molecule has 124 valence electrons. The van der Waals surface area contributed by atoms with E-state index in [1.165, 1.54) is 36.8 Å². The van der Waals surface area contributed by atoms with Gasteiger partial charge in [0.15, 0.2) is 0 Å². The minimum atomic E-state index is 0.256. The lowest BCUT2D eigenvalue weighted by Crippen LogP contribution is -2.38. The minimum absolute atomic E-state index is 0.256. The van der Waals surface area contributed by atoms with Crippen LogP contribution >= 0.6 is 0 Å². The van der Waals surface area contributed by atoms with E-state index in [0.717, 1.165) is 12.8 Å². The Morgan fingerprint density at radius 1 is 0.773 bits per heavy atom. The van der Waals surface area contributed by atoms with Gasteiger partial charge in [-0.3, -0.25) is 4.79 Å². The van der Waals surface area contributed by atoms with E-state index in [-0.39, 0.29) is 11.8 Å². The summed E-state index contributed by atoms with van der Waals surface area (Å²) in [6, 6.07) is 0. The zero-order valence-corrected chi connectivity index (χ0v) is 15.0. The molecule has 0 N–H and O–H groups in total. The van der Waals surface area contributed by atoms with E-state index in [1.54, 1.807) is 0 Å². The molecule has 1 heteroatoms. The standard InChI is InChI=1S/C21H34O/c1-13(2)17-9-7-15(5)19(11-17)21(22)20-12-18(14(3)4)10-8-16(20)6/h15-20H,1,3,7-12H2,2,4-6H3. The van der Waals surface area contributed by atoms with Crippen LogP contribution in [0.1, 0.15) is 66.2 Å². The van der Waals surface area contributed by atoms with E-state index in [9.17, 15) is 4.79 Å². The molecular weight excluding hydrogens is 268 g/mol. The van der Waals surface area contributed by atoms with Gasteiger partial charge < -0.3 is 0 Å². The van der Waals surface area contributed by atoms with Gasteiger partial charge in [-0.05, 0) is 76.0 Å². The summed E-state index contributed by atoms with van der Waals surface area (Å²) in [6.07, 6.45) is 6.87. The number of hydrogen-bond donors (Lipinski definition) is 0. The molecule has 2 aliphatic carbocycles. The van der Waals surface area contributed by atoms with Crippen LogP contribution in [0.15, 0.2) is 24.3 Å². The predicted molar refractivity (Wildman–Crippen MR) is 94.6 cm³/mol. The maximum atomic E-state index is 13.3. The molecular formula is C21H34O. The van der Waals surface area contributed by atoms with Crippen molar-refractivity contribution >= 4 is 5.78 Å². The van der Waals surface area contributed by atoms with Crippen LogP contribution in [0.4, 0.5) is 0 Å². The van der Waals surface area contributed by atoms with Crippen molar-refractivity contribution in [2.24, 2.45) is 35.5 Å². The monoisotopic (exact) mass is 302 g/mol. The van der Waals surface area contributed by atoms with E-state index in [4.69, 9.17) is 0 Å². The van der Waals surface area contributed by atoms with Gasteiger partial charge in [-0.15, -0.1) is 0 Å². The smallest absolute Gasteiger partial charge is 0.139 e. The number of carbonyl (C=O) groups excluding carboxylic acids is 1. The van der Waals surface area contributed by atoms with E-state index in [1.807, 2.05) is 0 Å². The molecule has 2 aliphatic rings. The van der Waals surface area contributed by atoms with Gasteiger partial charge in [0, 0.05) is 11.8 Å². The van der Waals surface area contributed by atoms with Crippen LogP contribution in [0.5, 0.6) is 0 Å². The number of ketones is 1. The zero-order valence-electron chi connectivity index (χ0n) is 15.0. The summed E-state index contributed by atoms with van der Waals surface area (Å²) >= 11 is 0. The fraction of sp³-hybridized carbons (Fsp3) is 0.762. The first-order valence-electron chi connectivity index (χ1n) is 9.15. The van der Waals surface area contributed by atoms with Crippen molar-refractivity contribution in [2.75, 3.05) is 0 Å².